The number of fused-ring (bicyclic) bond motifs is 1. The molecule has 1 N–H and O–H groups in total. The molecule has 3 aromatic rings. The summed E-state index contributed by atoms with van der Waals surface area (Å²) in [6, 6.07) is 2.94. The maximum atomic E-state index is 10.9. The number of pyridine rings is 1. The van der Waals surface area contributed by atoms with E-state index < -0.39 is 5.97 Å². The van der Waals surface area contributed by atoms with Gasteiger partial charge in [0.25, 0.3) is 0 Å². The monoisotopic (exact) mass is 273 g/mol. The molecule has 0 radical (unpaired) electrons. The summed E-state index contributed by atoms with van der Waals surface area (Å²) in [5.41, 5.74) is 0.793. The lowest BCUT2D eigenvalue weighted by molar-refractivity contribution is 0.0696. The van der Waals surface area contributed by atoms with E-state index in [0.29, 0.717) is 15.7 Å². The second kappa shape index (κ2) is 4.65. The van der Waals surface area contributed by atoms with E-state index in [1.807, 2.05) is 0 Å². The van der Waals surface area contributed by atoms with Crippen LogP contribution in [-0.4, -0.2) is 35.6 Å². The van der Waals surface area contributed by atoms with Gasteiger partial charge in [-0.15, -0.1) is 10.2 Å². The third-order valence-corrected chi connectivity index (χ3v) is 3.28. The van der Waals surface area contributed by atoms with E-state index in [9.17, 15) is 4.79 Å². The molecule has 0 saturated heterocycles. The van der Waals surface area contributed by atoms with Gasteiger partial charge in [-0.25, -0.2) is 14.8 Å². The molecule has 0 aliphatic carbocycles. The Kier molecular flexibility index (Phi) is 2.84. The summed E-state index contributed by atoms with van der Waals surface area (Å²) in [7, 11) is 0. The largest absolute Gasteiger partial charge is 0.478 e. The molecular formula is C11H7N5O2S. The SMILES string of the molecule is O=C(O)c1ccnc(Sc2nccn3cnnc23)c1. The molecule has 0 aliphatic heterocycles. The van der Waals surface area contributed by atoms with E-state index in [0.717, 1.165) is 0 Å². The van der Waals surface area contributed by atoms with Crippen LogP contribution in [0.15, 0.2) is 47.1 Å². The van der Waals surface area contributed by atoms with Crippen LogP contribution in [0.3, 0.4) is 0 Å². The molecule has 0 fully saturated rings. The molecular weight excluding hydrogens is 266 g/mol. The van der Waals surface area contributed by atoms with Gasteiger partial charge in [0.05, 0.1) is 5.56 Å². The minimum atomic E-state index is -0.988. The number of carboxylic acids is 1. The molecule has 19 heavy (non-hydrogen) atoms. The number of rotatable bonds is 3. The molecule has 0 bridgehead atoms. The standard InChI is InChI=1S/C11H7N5O2S/c17-11(18)7-1-2-12-8(5-7)19-10-9-15-14-6-16(9)4-3-13-10/h1-6H,(H,17,18). The number of hydrogen-bond donors (Lipinski definition) is 1. The molecule has 0 atom stereocenters. The predicted molar refractivity (Wildman–Crippen MR) is 66.1 cm³/mol. The first-order valence-electron chi connectivity index (χ1n) is 5.25. The number of aromatic nitrogens is 5. The second-order valence-corrected chi connectivity index (χ2v) is 4.59. The molecule has 8 heteroatoms. The highest BCUT2D eigenvalue weighted by Gasteiger charge is 2.10. The van der Waals surface area contributed by atoms with E-state index in [1.54, 1.807) is 23.1 Å². The molecule has 3 heterocycles. The van der Waals surface area contributed by atoms with Gasteiger partial charge in [-0.2, -0.15) is 0 Å². The Bertz CT molecular complexity index is 757. The van der Waals surface area contributed by atoms with Crippen LogP contribution in [0.2, 0.25) is 0 Å². The molecule has 0 aromatic carbocycles. The van der Waals surface area contributed by atoms with Crippen LogP contribution in [0, 0.1) is 0 Å². The van der Waals surface area contributed by atoms with Crippen LogP contribution >= 0.6 is 11.8 Å². The average Bonchev–Trinajstić information content (AvgIpc) is 2.88. The number of carbonyl (C=O) groups is 1. The Labute approximate surface area is 111 Å². The van der Waals surface area contributed by atoms with Crippen molar-refractivity contribution in [3.63, 3.8) is 0 Å². The Morgan fingerprint density at radius 2 is 2.21 bits per heavy atom. The maximum absolute atomic E-state index is 10.9. The first kappa shape index (κ1) is 11.6. The fourth-order valence-electron chi connectivity index (χ4n) is 1.50. The molecule has 94 valence electrons. The Hall–Kier alpha value is -2.48. The molecule has 0 aliphatic rings. The van der Waals surface area contributed by atoms with Gasteiger partial charge < -0.3 is 5.11 Å². The van der Waals surface area contributed by atoms with E-state index in [1.165, 1.54) is 30.1 Å². The first-order valence-corrected chi connectivity index (χ1v) is 6.07. The van der Waals surface area contributed by atoms with E-state index in [-0.39, 0.29) is 5.56 Å². The number of hydrogen-bond acceptors (Lipinski definition) is 6. The van der Waals surface area contributed by atoms with Gasteiger partial charge in [0.15, 0.2) is 5.65 Å². The second-order valence-electron chi connectivity index (χ2n) is 3.58. The fourth-order valence-corrected chi connectivity index (χ4v) is 2.35. The number of carboxylic acid groups (broad SMARTS) is 1. The summed E-state index contributed by atoms with van der Waals surface area (Å²) < 4.78 is 1.73. The molecule has 0 saturated carbocycles. The molecule has 7 nitrogen and oxygen atoms in total. The zero-order valence-electron chi connectivity index (χ0n) is 9.46. The van der Waals surface area contributed by atoms with Crippen molar-refractivity contribution in [2.24, 2.45) is 0 Å². The first-order chi connectivity index (χ1) is 9.24. The zero-order chi connectivity index (χ0) is 13.2. The minimum absolute atomic E-state index is 0.186. The molecule has 3 aromatic heterocycles. The van der Waals surface area contributed by atoms with Crippen LogP contribution in [0.1, 0.15) is 10.4 Å². The molecule has 3 rings (SSSR count). The zero-order valence-corrected chi connectivity index (χ0v) is 10.3. The Morgan fingerprint density at radius 1 is 1.32 bits per heavy atom. The van der Waals surface area contributed by atoms with Crippen molar-refractivity contribution >= 4 is 23.4 Å². The van der Waals surface area contributed by atoms with Gasteiger partial charge in [-0.05, 0) is 23.9 Å². The summed E-state index contributed by atoms with van der Waals surface area (Å²) in [6.07, 6.45) is 6.39. The van der Waals surface area contributed by atoms with Crippen LogP contribution in [0.25, 0.3) is 5.65 Å². The van der Waals surface area contributed by atoms with Crippen molar-refractivity contribution < 1.29 is 9.90 Å². The van der Waals surface area contributed by atoms with Crippen LogP contribution in [-0.2, 0) is 0 Å². The third-order valence-electron chi connectivity index (χ3n) is 2.37. The highest BCUT2D eigenvalue weighted by Crippen LogP contribution is 2.26. The summed E-state index contributed by atoms with van der Waals surface area (Å²) in [6.45, 7) is 0. The van der Waals surface area contributed by atoms with Crippen LogP contribution in [0.4, 0.5) is 0 Å². The quantitative estimate of drug-likeness (QED) is 0.770. The predicted octanol–water partition coefficient (Wildman–Crippen LogP) is 1.37. The van der Waals surface area contributed by atoms with Crippen LogP contribution < -0.4 is 0 Å². The number of aromatic carboxylic acids is 1. The minimum Gasteiger partial charge on any atom is -0.478 e. The highest BCUT2D eigenvalue weighted by atomic mass is 32.2. The van der Waals surface area contributed by atoms with Gasteiger partial charge >= 0.3 is 5.97 Å². The van der Waals surface area contributed by atoms with Crippen molar-refractivity contribution in [2.75, 3.05) is 0 Å². The van der Waals surface area contributed by atoms with Crippen molar-refractivity contribution in [1.29, 1.82) is 0 Å². The Balaban J connectivity index is 1.99. The van der Waals surface area contributed by atoms with Crippen LogP contribution in [0.5, 0.6) is 0 Å². The van der Waals surface area contributed by atoms with Gasteiger partial charge in [-0.1, -0.05) is 0 Å². The lowest BCUT2D eigenvalue weighted by Gasteiger charge is -2.02. The number of nitrogens with zero attached hydrogens (tertiary/aromatic N) is 5. The Morgan fingerprint density at radius 3 is 3.05 bits per heavy atom. The molecule has 0 unspecified atom stereocenters. The summed E-state index contributed by atoms with van der Waals surface area (Å²) >= 11 is 1.24. The topological polar surface area (TPSA) is 93.3 Å². The van der Waals surface area contributed by atoms with Crippen molar-refractivity contribution in [1.82, 2.24) is 24.6 Å². The normalized spacial score (nSPS) is 10.7. The highest BCUT2D eigenvalue weighted by molar-refractivity contribution is 7.99. The molecule has 0 spiro atoms. The third kappa shape index (κ3) is 2.25. The maximum Gasteiger partial charge on any atom is 0.335 e. The van der Waals surface area contributed by atoms with Gasteiger partial charge in [0.2, 0.25) is 0 Å². The van der Waals surface area contributed by atoms with E-state index in [2.05, 4.69) is 20.2 Å². The smallest absolute Gasteiger partial charge is 0.335 e. The van der Waals surface area contributed by atoms with Gasteiger partial charge in [-0.3, -0.25) is 4.40 Å². The average molecular weight is 273 g/mol. The summed E-state index contributed by atoms with van der Waals surface area (Å²) in [5.74, 6) is -0.988. The van der Waals surface area contributed by atoms with Crippen molar-refractivity contribution in [2.45, 2.75) is 10.1 Å². The van der Waals surface area contributed by atoms with Gasteiger partial charge in [0, 0.05) is 18.6 Å². The van der Waals surface area contributed by atoms with E-state index in [4.69, 9.17) is 5.11 Å². The fraction of sp³-hybridized carbons (Fsp3) is 0. The van der Waals surface area contributed by atoms with Crippen molar-refractivity contribution in [3.8, 4) is 0 Å². The summed E-state index contributed by atoms with van der Waals surface area (Å²) in [5, 5.41) is 17.9. The molecule has 0 amide bonds. The lowest BCUT2D eigenvalue weighted by Crippen LogP contribution is -1.97. The summed E-state index contributed by atoms with van der Waals surface area (Å²) in [4.78, 5) is 19.2. The lowest BCUT2D eigenvalue weighted by atomic mass is 10.3. The van der Waals surface area contributed by atoms with E-state index >= 15 is 0 Å². The van der Waals surface area contributed by atoms with Gasteiger partial charge in [0.1, 0.15) is 16.4 Å². The van der Waals surface area contributed by atoms with Crippen molar-refractivity contribution in [3.05, 3.63) is 42.6 Å².